The molecule has 37 heavy (non-hydrogen) atoms. The first-order valence-electron chi connectivity index (χ1n) is 12.6. The number of aromatic nitrogens is 3. The van der Waals surface area contributed by atoms with Crippen molar-refractivity contribution in [2.75, 3.05) is 12.4 Å². The molecule has 0 saturated heterocycles. The van der Waals surface area contributed by atoms with Crippen LogP contribution in [0.4, 0.5) is 5.69 Å². The zero-order chi connectivity index (χ0) is 25.8. The Balaban J connectivity index is 1.49. The molecule has 8 nitrogen and oxygen atoms in total. The smallest absolute Gasteiger partial charge is 0.250 e. The van der Waals surface area contributed by atoms with Gasteiger partial charge in [0.2, 0.25) is 11.8 Å². The molecule has 1 aromatic heterocycles. The number of hydrogen-bond donors (Lipinski definition) is 1. The van der Waals surface area contributed by atoms with E-state index in [1.807, 2.05) is 79.7 Å². The van der Waals surface area contributed by atoms with Gasteiger partial charge in [-0.05, 0) is 67.3 Å². The molecular weight excluding hydrogens is 466 g/mol. The van der Waals surface area contributed by atoms with E-state index in [-0.39, 0.29) is 18.4 Å². The maximum Gasteiger partial charge on any atom is 0.250 e. The average molecular weight is 498 g/mol. The van der Waals surface area contributed by atoms with Crippen LogP contribution in [0.1, 0.15) is 36.8 Å². The number of ether oxygens (including phenoxy) is 1. The normalized spacial score (nSPS) is 14.4. The third-order valence-electron chi connectivity index (χ3n) is 7.31. The number of fused-ring (bicyclic) bond motifs is 1. The second-order valence-electron chi connectivity index (χ2n) is 9.56. The number of benzene rings is 3. The number of carbonyl (C=O) groups excluding carboxylic acids is 2. The predicted molar refractivity (Wildman–Crippen MR) is 142 cm³/mol. The standard InChI is InChI=1S/C29H31N5O3/c1-21-9-3-4-10-22(21)19-33(27(35)20-34-26-12-6-5-11-25(26)31-32-34)29(17-7-8-18-29)28(36)30-23-13-15-24(37-2)16-14-23/h3-6,9-16H,7-8,17-20H2,1-2H3,(H,30,36). The van der Waals surface area contributed by atoms with Crippen molar-refractivity contribution in [2.45, 2.75) is 51.2 Å². The maximum absolute atomic E-state index is 14.0. The topological polar surface area (TPSA) is 89.4 Å². The molecule has 1 aliphatic carbocycles. The lowest BCUT2D eigenvalue weighted by atomic mass is 9.91. The minimum Gasteiger partial charge on any atom is -0.497 e. The van der Waals surface area contributed by atoms with Crippen LogP contribution in [0.15, 0.2) is 72.8 Å². The van der Waals surface area contributed by atoms with Gasteiger partial charge in [0.1, 0.15) is 23.3 Å². The van der Waals surface area contributed by atoms with Crippen molar-refractivity contribution in [3.05, 3.63) is 83.9 Å². The van der Waals surface area contributed by atoms with Gasteiger partial charge in [-0.3, -0.25) is 9.59 Å². The Hall–Kier alpha value is -4.20. The Morgan fingerprint density at radius 2 is 1.70 bits per heavy atom. The Morgan fingerprint density at radius 1 is 1.00 bits per heavy atom. The Bertz CT molecular complexity index is 1410. The van der Waals surface area contributed by atoms with Crippen LogP contribution in [0.2, 0.25) is 0 Å². The summed E-state index contributed by atoms with van der Waals surface area (Å²) in [6.07, 6.45) is 2.95. The molecule has 1 heterocycles. The number of hydrogen-bond acceptors (Lipinski definition) is 5. The number of nitrogens with zero attached hydrogens (tertiary/aromatic N) is 4. The highest BCUT2D eigenvalue weighted by Crippen LogP contribution is 2.38. The monoisotopic (exact) mass is 497 g/mol. The van der Waals surface area contributed by atoms with Crippen molar-refractivity contribution in [1.82, 2.24) is 19.9 Å². The van der Waals surface area contributed by atoms with Gasteiger partial charge in [-0.1, -0.05) is 54.5 Å². The molecule has 8 heteroatoms. The first-order chi connectivity index (χ1) is 18.0. The fourth-order valence-electron chi connectivity index (χ4n) is 5.18. The molecule has 2 amide bonds. The molecule has 1 aliphatic rings. The fourth-order valence-corrected chi connectivity index (χ4v) is 5.18. The molecule has 0 atom stereocenters. The number of nitrogens with one attached hydrogen (secondary N) is 1. The molecule has 0 radical (unpaired) electrons. The van der Waals surface area contributed by atoms with Crippen LogP contribution < -0.4 is 10.1 Å². The van der Waals surface area contributed by atoms with E-state index in [1.165, 1.54) is 0 Å². The molecule has 0 unspecified atom stereocenters. The molecule has 4 aromatic rings. The number of amides is 2. The Kier molecular flexibility index (Phi) is 6.90. The van der Waals surface area contributed by atoms with Crippen LogP contribution in [0.3, 0.4) is 0 Å². The number of methoxy groups -OCH3 is 1. The van der Waals surface area contributed by atoms with Crippen LogP contribution in [0.25, 0.3) is 11.0 Å². The Morgan fingerprint density at radius 3 is 2.43 bits per heavy atom. The fraction of sp³-hybridized carbons (Fsp3) is 0.310. The molecule has 0 spiro atoms. The summed E-state index contributed by atoms with van der Waals surface area (Å²) < 4.78 is 6.86. The SMILES string of the molecule is COc1ccc(NC(=O)C2(N(Cc3ccccc3C)C(=O)Cn3nnc4ccccc43)CCCC2)cc1. The van der Waals surface area contributed by atoms with E-state index in [0.29, 0.717) is 30.8 Å². The predicted octanol–water partition coefficient (Wildman–Crippen LogP) is 4.73. The van der Waals surface area contributed by atoms with Gasteiger partial charge in [0, 0.05) is 12.2 Å². The van der Waals surface area contributed by atoms with Crippen LogP contribution in [0.5, 0.6) is 5.75 Å². The highest BCUT2D eigenvalue weighted by atomic mass is 16.5. The average Bonchev–Trinajstić information content (AvgIpc) is 3.57. The number of para-hydroxylation sites is 1. The molecular formula is C29H31N5O3. The van der Waals surface area contributed by atoms with Gasteiger partial charge in [0.15, 0.2) is 0 Å². The number of rotatable bonds is 8. The van der Waals surface area contributed by atoms with Crippen LogP contribution in [-0.2, 0) is 22.7 Å². The maximum atomic E-state index is 14.0. The van der Waals surface area contributed by atoms with E-state index in [9.17, 15) is 9.59 Å². The highest BCUT2D eigenvalue weighted by Gasteiger charge is 2.48. The summed E-state index contributed by atoms with van der Waals surface area (Å²) in [4.78, 5) is 29.8. The van der Waals surface area contributed by atoms with Crippen molar-refractivity contribution in [3.8, 4) is 5.75 Å². The van der Waals surface area contributed by atoms with Crippen molar-refractivity contribution >= 4 is 28.5 Å². The lowest BCUT2D eigenvalue weighted by molar-refractivity contribution is -0.147. The largest absolute Gasteiger partial charge is 0.497 e. The molecule has 190 valence electrons. The van der Waals surface area contributed by atoms with Gasteiger partial charge in [-0.15, -0.1) is 5.10 Å². The minimum absolute atomic E-state index is 0.00393. The molecule has 5 rings (SSSR count). The first-order valence-corrected chi connectivity index (χ1v) is 12.6. The number of anilines is 1. The highest BCUT2D eigenvalue weighted by molar-refractivity contribution is 6.01. The van der Waals surface area contributed by atoms with Crippen LogP contribution in [0, 0.1) is 6.92 Å². The van der Waals surface area contributed by atoms with E-state index < -0.39 is 5.54 Å². The van der Waals surface area contributed by atoms with Crippen LogP contribution in [-0.4, -0.2) is 44.4 Å². The van der Waals surface area contributed by atoms with Gasteiger partial charge in [-0.25, -0.2) is 4.68 Å². The number of aryl methyl sites for hydroxylation is 1. The van der Waals surface area contributed by atoms with Crippen LogP contribution >= 0.6 is 0 Å². The zero-order valence-electron chi connectivity index (χ0n) is 21.2. The van der Waals surface area contributed by atoms with Crippen molar-refractivity contribution < 1.29 is 14.3 Å². The van der Waals surface area contributed by atoms with E-state index >= 15 is 0 Å². The lowest BCUT2D eigenvalue weighted by Gasteiger charge is -2.40. The lowest BCUT2D eigenvalue weighted by Crippen LogP contribution is -2.57. The second-order valence-corrected chi connectivity index (χ2v) is 9.56. The second kappa shape index (κ2) is 10.4. The molecule has 1 N–H and O–H groups in total. The Labute approximate surface area is 216 Å². The molecule has 1 saturated carbocycles. The van der Waals surface area contributed by atoms with Gasteiger partial charge < -0.3 is 15.0 Å². The summed E-state index contributed by atoms with van der Waals surface area (Å²) in [6.45, 7) is 2.37. The summed E-state index contributed by atoms with van der Waals surface area (Å²) >= 11 is 0. The first kappa shape index (κ1) is 24.5. The third-order valence-corrected chi connectivity index (χ3v) is 7.31. The summed E-state index contributed by atoms with van der Waals surface area (Å²) in [5, 5.41) is 11.5. The summed E-state index contributed by atoms with van der Waals surface area (Å²) in [5.41, 5.74) is 3.32. The zero-order valence-corrected chi connectivity index (χ0v) is 21.2. The third kappa shape index (κ3) is 4.91. The van der Waals surface area contributed by atoms with Gasteiger partial charge in [-0.2, -0.15) is 0 Å². The van der Waals surface area contributed by atoms with E-state index in [0.717, 1.165) is 35.0 Å². The van der Waals surface area contributed by atoms with Gasteiger partial charge in [0.25, 0.3) is 0 Å². The quantitative estimate of drug-likeness (QED) is 0.380. The minimum atomic E-state index is -0.963. The molecule has 1 fully saturated rings. The molecule has 0 bridgehead atoms. The summed E-state index contributed by atoms with van der Waals surface area (Å²) in [7, 11) is 1.61. The summed E-state index contributed by atoms with van der Waals surface area (Å²) in [5.74, 6) is 0.385. The van der Waals surface area contributed by atoms with E-state index in [1.54, 1.807) is 16.7 Å². The van der Waals surface area contributed by atoms with E-state index in [2.05, 4.69) is 15.6 Å². The summed E-state index contributed by atoms with van der Waals surface area (Å²) in [6, 6.07) is 22.8. The molecule has 0 aliphatic heterocycles. The van der Waals surface area contributed by atoms with Gasteiger partial charge in [0.05, 0.1) is 12.6 Å². The van der Waals surface area contributed by atoms with Gasteiger partial charge >= 0.3 is 0 Å². The van der Waals surface area contributed by atoms with Crippen molar-refractivity contribution in [1.29, 1.82) is 0 Å². The van der Waals surface area contributed by atoms with Crippen molar-refractivity contribution in [2.24, 2.45) is 0 Å². The van der Waals surface area contributed by atoms with E-state index in [4.69, 9.17) is 4.74 Å². The van der Waals surface area contributed by atoms with Crippen molar-refractivity contribution in [3.63, 3.8) is 0 Å². The molecule has 3 aromatic carbocycles. The number of carbonyl (C=O) groups is 2.